The van der Waals surface area contributed by atoms with Crippen molar-refractivity contribution in [3.05, 3.63) is 0 Å². The van der Waals surface area contributed by atoms with Crippen LogP contribution in [0.1, 0.15) is 25.7 Å². The Bertz CT molecular complexity index is 248. The molecule has 106 valence electrons. The average molecular weight is 257 g/mol. The Morgan fingerprint density at radius 3 is 3.00 bits per heavy atom. The van der Waals surface area contributed by atoms with Crippen molar-refractivity contribution >= 4 is 5.91 Å². The van der Waals surface area contributed by atoms with E-state index in [1.165, 1.54) is 0 Å². The maximum Gasteiger partial charge on any atom is 0.224 e. The third kappa shape index (κ3) is 4.55. The van der Waals surface area contributed by atoms with Gasteiger partial charge in [-0.3, -0.25) is 9.69 Å². The molecule has 1 saturated heterocycles. The molecule has 3 N–H and O–H groups in total. The zero-order valence-corrected chi connectivity index (χ0v) is 11.7. The fourth-order valence-corrected chi connectivity index (χ4v) is 2.67. The quantitative estimate of drug-likeness (QED) is 0.683. The van der Waals surface area contributed by atoms with Crippen LogP contribution in [0.2, 0.25) is 0 Å². The Morgan fingerprint density at radius 2 is 2.39 bits per heavy atom. The Labute approximate surface area is 110 Å². The summed E-state index contributed by atoms with van der Waals surface area (Å²) < 4.78 is 5.29. The molecule has 5 nitrogen and oxygen atoms in total. The first-order valence-corrected chi connectivity index (χ1v) is 6.87. The van der Waals surface area contributed by atoms with Crippen molar-refractivity contribution in [2.75, 3.05) is 40.4 Å². The molecule has 2 unspecified atom stereocenters. The summed E-state index contributed by atoms with van der Waals surface area (Å²) in [6.07, 6.45) is 4.13. The number of methoxy groups -OCH3 is 1. The number of amides is 1. The third-order valence-electron chi connectivity index (χ3n) is 3.69. The zero-order valence-electron chi connectivity index (χ0n) is 11.7. The van der Waals surface area contributed by atoms with E-state index in [0.717, 1.165) is 45.4 Å². The minimum absolute atomic E-state index is 0.126. The zero-order chi connectivity index (χ0) is 13.4. The van der Waals surface area contributed by atoms with Gasteiger partial charge in [0.1, 0.15) is 0 Å². The van der Waals surface area contributed by atoms with E-state index in [9.17, 15) is 4.79 Å². The number of piperidine rings is 1. The lowest BCUT2D eigenvalue weighted by atomic mass is 9.95. The standard InChI is InChI=1S/C13H27N3O2/c1-15-13(17)11-5-4-8-16(9-11)12(10-18-2)6-3-7-14/h11-12H,3-10,14H2,1-2H3,(H,15,17). The van der Waals surface area contributed by atoms with Crippen molar-refractivity contribution in [3.8, 4) is 0 Å². The molecule has 0 saturated carbocycles. The second kappa shape index (κ2) is 8.45. The van der Waals surface area contributed by atoms with Crippen LogP contribution in [0.5, 0.6) is 0 Å². The predicted molar refractivity (Wildman–Crippen MR) is 72.3 cm³/mol. The van der Waals surface area contributed by atoms with Gasteiger partial charge in [-0.25, -0.2) is 0 Å². The number of rotatable bonds is 7. The van der Waals surface area contributed by atoms with Crippen LogP contribution in [-0.2, 0) is 9.53 Å². The second-order valence-corrected chi connectivity index (χ2v) is 4.99. The van der Waals surface area contributed by atoms with Gasteiger partial charge in [0.25, 0.3) is 0 Å². The summed E-state index contributed by atoms with van der Waals surface area (Å²) in [5.74, 6) is 0.288. The third-order valence-corrected chi connectivity index (χ3v) is 3.69. The summed E-state index contributed by atoms with van der Waals surface area (Å²) >= 11 is 0. The Morgan fingerprint density at radius 1 is 1.61 bits per heavy atom. The van der Waals surface area contributed by atoms with Crippen LogP contribution in [0, 0.1) is 5.92 Å². The van der Waals surface area contributed by atoms with Crippen LogP contribution in [0.3, 0.4) is 0 Å². The molecule has 1 aliphatic rings. The van der Waals surface area contributed by atoms with Crippen LogP contribution in [0.15, 0.2) is 0 Å². The van der Waals surface area contributed by atoms with Gasteiger partial charge < -0.3 is 15.8 Å². The van der Waals surface area contributed by atoms with Crippen LogP contribution >= 0.6 is 0 Å². The molecule has 0 spiro atoms. The number of hydrogen-bond acceptors (Lipinski definition) is 4. The summed E-state index contributed by atoms with van der Waals surface area (Å²) in [6, 6.07) is 0.394. The summed E-state index contributed by atoms with van der Waals surface area (Å²) in [6.45, 7) is 3.34. The summed E-state index contributed by atoms with van der Waals surface area (Å²) in [5.41, 5.74) is 5.58. The Hall–Kier alpha value is -0.650. The highest BCUT2D eigenvalue weighted by Gasteiger charge is 2.28. The molecule has 5 heteroatoms. The minimum atomic E-state index is 0.126. The van der Waals surface area contributed by atoms with Gasteiger partial charge in [-0.05, 0) is 38.8 Å². The van der Waals surface area contributed by atoms with Gasteiger partial charge in [0.2, 0.25) is 5.91 Å². The maximum absolute atomic E-state index is 11.7. The normalized spacial score (nSPS) is 22.7. The fourth-order valence-electron chi connectivity index (χ4n) is 2.67. The van der Waals surface area contributed by atoms with E-state index in [0.29, 0.717) is 12.6 Å². The molecule has 0 aromatic rings. The molecule has 0 aromatic carbocycles. The van der Waals surface area contributed by atoms with E-state index in [-0.39, 0.29) is 11.8 Å². The van der Waals surface area contributed by atoms with E-state index in [4.69, 9.17) is 10.5 Å². The van der Waals surface area contributed by atoms with Gasteiger partial charge in [-0.2, -0.15) is 0 Å². The van der Waals surface area contributed by atoms with Gasteiger partial charge in [-0.1, -0.05) is 0 Å². The largest absolute Gasteiger partial charge is 0.383 e. The fraction of sp³-hybridized carbons (Fsp3) is 0.923. The van der Waals surface area contributed by atoms with Crippen LogP contribution in [0.4, 0.5) is 0 Å². The Kier molecular flexibility index (Phi) is 7.23. The van der Waals surface area contributed by atoms with Gasteiger partial charge in [0, 0.05) is 26.7 Å². The number of carbonyl (C=O) groups is 1. The molecule has 0 aliphatic carbocycles. The van der Waals surface area contributed by atoms with Gasteiger partial charge in [0.05, 0.1) is 12.5 Å². The van der Waals surface area contributed by atoms with Crippen molar-refractivity contribution in [1.82, 2.24) is 10.2 Å². The first-order valence-electron chi connectivity index (χ1n) is 6.87. The first kappa shape index (κ1) is 15.4. The number of likely N-dealkylation sites (tertiary alicyclic amines) is 1. The van der Waals surface area contributed by atoms with E-state index in [1.54, 1.807) is 14.2 Å². The average Bonchev–Trinajstić information content (AvgIpc) is 2.42. The molecule has 18 heavy (non-hydrogen) atoms. The number of carbonyl (C=O) groups excluding carboxylic acids is 1. The van der Waals surface area contributed by atoms with Crippen molar-refractivity contribution < 1.29 is 9.53 Å². The lowest BCUT2D eigenvalue weighted by Crippen LogP contribution is -2.48. The predicted octanol–water partition coefficient (Wildman–Crippen LogP) is 0.198. The molecule has 1 fully saturated rings. The number of nitrogens with two attached hydrogens (primary N) is 1. The lowest BCUT2D eigenvalue weighted by molar-refractivity contribution is -0.126. The number of ether oxygens (including phenoxy) is 1. The lowest BCUT2D eigenvalue weighted by Gasteiger charge is -2.37. The van der Waals surface area contributed by atoms with Crippen LogP contribution in [0.25, 0.3) is 0 Å². The SMILES string of the molecule is CNC(=O)C1CCCN(C(CCCN)COC)C1. The summed E-state index contributed by atoms with van der Waals surface area (Å²) in [5, 5.41) is 2.75. The highest BCUT2D eigenvalue weighted by Crippen LogP contribution is 2.20. The molecule has 1 aliphatic heterocycles. The van der Waals surface area contributed by atoms with Gasteiger partial charge >= 0.3 is 0 Å². The molecule has 1 heterocycles. The topological polar surface area (TPSA) is 67.6 Å². The number of nitrogens with zero attached hydrogens (tertiary/aromatic N) is 1. The van der Waals surface area contributed by atoms with E-state index >= 15 is 0 Å². The molecule has 1 rings (SSSR count). The Balaban J connectivity index is 2.52. The van der Waals surface area contributed by atoms with Crippen molar-refractivity contribution in [2.45, 2.75) is 31.7 Å². The highest BCUT2D eigenvalue weighted by molar-refractivity contribution is 5.78. The number of hydrogen-bond donors (Lipinski definition) is 2. The molecular weight excluding hydrogens is 230 g/mol. The van der Waals surface area contributed by atoms with Gasteiger partial charge in [0.15, 0.2) is 0 Å². The maximum atomic E-state index is 11.7. The molecule has 0 radical (unpaired) electrons. The smallest absolute Gasteiger partial charge is 0.224 e. The second-order valence-electron chi connectivity index (χ2n) is 4.99. The van der Waals surface area contributed by atoms with Crippen molar-refractivity contribution in [2.24, 2.45) is 11.7 Å². The first-order chi connectivity index (χ1) is 8.72. The van der Waals surface area contributed by atoms with Crippen molar-refractivity contribution in [1.29, 1.82) is 0 Å². The van der Waals surface area contributed by atoms with Gasteiger partial charge in [-0.15, -0.1) is 0 Å². The van der Waals surface area contributed by atoms with E-state index < -0.39 is 0 Å². The van der Waals surface area contributed by atoms with Crippen LogP contribution < -0.4 is 11.1 Å². The van der Waals surface area contributed by atoms with Crippen LogP contribution in [-0.4, -0.2) is 57.2 Å². The highest BCUT2D eigenvalue weighted by atomic mass is 16.5. The molecule has 2 atom stereocenters. The molecule has 0 aromatic heterocycles. The molecular formula is C13H27N3O2. The van der Waals surface area contributed by atoms with Crippen molar-refractivity contribution in [3.63, 3.8) is 0 Å². The molecule has 0 bridgehead atoms. The number of nitrogens with one attached hydrogen (secondary N) is 1. The molecule has 1 amide bonds. The van der Waals surface area contributed by atoms with E-state index in [1.807, 2.05) is 0 Å². The van der Waals surface area contributed by atoms with E-state index in [2.05, 4.69) is 10.2 Å². The summed E-state index contributed by atoms with van der Waals surface area (Å²) in [7, 11) is 3.44. The minimum Gasteiger partial charge on any atom is -0.383 e. The summed E-state index contributed by atoms with van der Waals surface area (Å²) in [4.78, 5) is 14.1. The monoisotopic (exact) mass is 257 g/mol.